The van der Waals surface area contributed by atoms with Gasteiger partial charge in [0.25, 0.3) is 0 Å². The molecule has 0 unspecified atom stereocenters. The van der Waals surface area contributed by atoms with Crippen molar-refractivity contribution >= 4 is 0 Å². The Morgan fingerprint density at radius 1 is 1.42 bits per heavy atom. The molecule has 0 aliphatic heterocycles. The van der Waals surface area contributed by atoms with Gasteiger partial charge in [-0.2, -0.15) is 5.26 Å². The van der Waals surface area contributed by atoms with Crippen LogP contribution < -0.4 is 0 Å². The van der Waals surface area contributed by atoms with Crippen LogP contribution in [0.1, 0.15) is 29.6 Å². The summed E-state index contributed by atoms with van der Waals surface area (Å²) < 4.78 is 19.0. The molecule has 0 spiro atoms. The quantitative estimate of drug-likeness (QED) is 0.897. The molecule has 2 aromatic rings. The first-order chi connectivity index (χ1) is 9.27. The predicted octanol–water partition coefficient (Wildman–Crippen LogP) is 2.59. The van der Waals surface area contributed by atoms with Crippen LogP contribution in [0.5, 0.6) is 0 Å². The van der Waals surface area contributed by atoms with Crippen LogP contribution in [0.4, 0.5) is 4.39 Å². The average molecular weight is 260 g/mol. The standard InChI is InChI=1S/C14H13FN2O2/c15-13-4-2-1-3-10(13)12(7-16)11(5-6-18)14-8-17-9-19-14/h1-4,8-9,11-12,18H,5-6H2/t11-,12-/m0/s1. The number of oxazole rings is 1. The van der Waals surface area contributed by atoms with Gasteiger partial charge in [-0.05, 0) is 12.5 Å². The van der Waals surface area contributed by atoms with Crippen molar-refractivity contribution in [3.8, 4) is 6.07 Å². The van der Waals surface area contributed by atoms with E-state index in [1.54, 1.807) is 18.2 Å². The van der Waals surface area contributed by atoms with Gasteiger partial charge in [-0.25, -0.2) is 9.37 Å². The first-order valence-electron chi connectivity index (χ1n) is 5.91. The molecule has 4 nitrogen and oxygen atoms in total. The monoisotopic (exact) mass is 260 g/mol. The fourth-order valence-corrected chi connectivity index (χ4v) is 2.12. The topological polar surface area (TPSA) is 70.0 Å². The number of aliphatic hydroxyl groups is 1. The Balaban J connectivity index is 2.39. The molecule has 1 N–H and O–H groups in total. The third kappa shape index (κ3) is 2.80. The molecule has 0 amide bonds. The minimum absolute atomic E-state index is 0.113. The van der Waals surface area contributed by atoms with E-state index in [-0.39, 0.29) is 6.61 Å². The summed E-state index contributed by atoms with van der Waals surface area (Å²) in [5, 5.41) is 18.5. The molecule has 0 saturated heterocycles. The van der Waals surface area contributed by atoms with Crippen LogP contribution in [0.3, 0.4) is 0 Å². The van der Waals surface area contributed by atoms with E-state index < -0.39 is 17.7 Å². The fraction of sp³-hybridized carbons (Fsp3) is 0.286. The van der Waals surface area contributed by atoms with E-state index in [1.165, 1.54) is 18.7 Å². The molecule has 1 aromatic heterocycles. The lowest BCUT2D eigenvalue weighted by atomic mass is 9.83. The van der Waals surface area contributed by atoms with Crippen molar-refractivity contribution in [2.24, 2.45) is 0 Å². The van der Waals surface area contributed by atoms with Gasteiger partial charge in [0.1, 0.15) is 11.6 Å². The van der Waals surface area contributed by atoms with Crippen LogP contribution in [-0.2, 0) is 0 Å². The highest BCUT2D eigenvalue weighted by molar-refractivity contribution is 5.30. The van der Waals surface area contributed by atoms with Crippen LogP contribution >= 0.6 is 0 Å². The maximum atomic E-state index is 13.8. The van der Waals surface area contributed by atoms with Crippen molar-refractivity contribution in [1.82, 2.24) is 4.98 Å². The van der Waals surface area contributed by atoms with E-state index in [2.05, 4.69) is 11.1 Å². The molecule has 0 saturated carbocycles. The van der Waals surface area contributed by atoms with Crippen molar-refractivity contribution in [3.63, 3.8) is 0 Å². The summed E-state index contributed by atoms with van der Waals surface area (Å²) in [5.41, 5.74) is 0.305. The molecule has 0 bridgehead atoms. The van der Waals surface area contributed by atoms with Gasteiger partial charge in [0.15, 0.2) is 6.39 Å². The molecule has 0 aliphatic carbocycles. The molecule has 0 radical (unpaired) electrons. The Labute approximate surface area is 110 Å². The smallest absolute Gasteiger partial charge is 0.180 e. The van der Waals surface area contributed by atoms with Crippen LogP contribution in [0, 0.1) is 17.1 Å². The van der Waals surface area contributed by atoms with E-state index in [9.17, 15) is 9.65 Å². The number of hydrogen-bond donors (Lipinski definition) is 1. The number of aliphatic hydroxyl groups excluding tert-OH is 1. The van der Waals surface area contributed by atoms with Gasteiger partial charge in [0.05, 0.1) is 18.2 Å². The van der Waals surface area contributed by atoms with Crippen LogP contribution in [0.15, 0.2) is 41.3 Å². The second-order valence-corrected chi connectivity index (χ2v) is 4.15. The highest BCUT2D eigenvalue weighted by Gasteiger charge is 2.28. The number of benzene rings is 1. The van der Waals surface area contributed by atoms with E-state index in [0.717, 1.165) is 0 Å². The Bertz CT molecular complexity index is 563. The Kier molecular flexibility index (Phi) is 4.26. The third-order valence-electron chi connectivity index (χ3n) is 3.04. The largest absolute Gasteiger partial charge is 0.448 e. The lowest BCUT2D eigenvalue weighted by Crippen LogP contribution is -2.12. The van der Waals surface area contributed by atoms with Crippen LogP contribution in [0.25, 0.3) is 0 Å². The maximum absolute atomic E-state index is 13.8. The van der Waals surface area contributed by atoms with Gasteiger partial charge in [-0.15, -0.1) is 0 Å². The fourth-order valence-electron chi connectivity index (χ4n) is 2.12. The lowest BCUT2D eigenvalue weighted by molar-refractivity contribution is 0.262. The summed E-state index contributed by atoms with van der Waals surface area (Å²) in [5.74, 6) is -1.10. The molecule has 19 heavy (non-hydrogen) atoms. The Hall–Kier alpha value is -2.19. The van der Waals surface area contributed by atoms with E-state index >= 15 is 0 Å². The minimum atomic E-state index is -0.721. The number of nitrogens with zero attached hydrogens (tertiary/aromatic N) is 2. The molecule has 0 fully saturated rings. The number of hydrogen-bond acceptors (Lipinski definition) is 4. The molecule has 98 valence electrons. The van der Waals surface area contributed by atoms with E-state index in [0.29, 0.717) is 17.7 Å². The average Bonchev–Trinajstić information content (AvgIpc) is 2.94. The normalized spacial score (nSPS) is 13.7. The second kappa shape index (κ2) is 6.12. The second-order valence-electron chi connectivity index (χ2n) is 4.15. The molecule has 2 rings (SSSR count). The first-order valence-corrected chi connectivity index (χ1v) is 5.91. The summed E-state index contributed by atoms with van der Waals surface area (Å²) in [6.45, 7) is -0.113. The Morgan fingerprint density at radius 2 is 2.21 bits per heavy atom. The first kappa shape index (κ1) is 13.2. The predicted molar refractivity (Wildman–Crippen MR) is 65.7 cm³/mol. The molecular formula is C14H13FN2O2. The number of nitriles is 1. The van der Waals surface area contributed by atoms with Crippen LogP contribution in [-0.4, -0.2) is 16.7 Å². The molecular weight excluding hydrogens is 247 g/mol. The van der Waals surface area contributed by atoms with E-state index in [4.69, 9.17) is 9.52 Å². The zero-order valence-electron chi connectivity index (χ0n) is 10.2. The minimum Gasteiger partial charge on any atom is -0.448 e. The zero-order chi connectivity index (χ0) is 13.7. The SMILES string of the molecule is N#C[C@@H](c1ccccc1F)[C@H](CCO)c1cnco1. The van der Waals surface area contributed by atoms with Crippen molar-refractivity contribution < 1.29 is 13.9 Å². The summed E-state index contributed by atoms with van der Waals surface area (Å²) in [6, 6.07) is 8.23. The molecule has 0 aliphatic rings. The number of halogens is 1. The Morgan fingerprint density at radius 3 is 2.79 bits per heavy atom. The van der Waals surface area contributed by atoms with Gasteiger partial charge in [-0.3, -0.25) is 0 Å². The van der Waals surface area contributed by atoms with Gasteiger partial charge >= 0.3 is 0 Å². The summed E-state index contributed by atoms with van der Waals surface area (Å²) in [4.78, 5) is 3.81. The maximum Gasteiger partial charge on any atom is 0.180 e. The lowest BCUT2D eigenvalue weighted by Gasteiger charge is -2.19. The molecule has 2 atom stereocenters. The molecule has 1 heterocycles. The van der Waals surface area contributed by atoms with E-state index in [1.807, 2.05) is 0 Å². The number of aromatic nitrogens is 1. The van der Waals surface area contributed by atoms with Gasteiger partial charge in [0.2, 0.25) is 0 Å². The van der Waals surface area contributed by atoms with Gasteiger partial charge in [0, 0.05) is 18.1 Å². The highest BCUT2D eigenvalue weighted by atomic mass is 19.1. The third-order valence-corrected chi connectivity index (χ3v) is 3.04. The van der Waals surface area contributed by atoms with Crippen molar-refractivity contribution in [2.45, 2.75) is 18.3 Å². The van der Waals surface area contributed by atoms with Crippen molar-refractivity contribution in [3.05, 3.63) is 54.0 Å². The number of rotatable bonds is 5. The van der Waals surface area contributed by atoms with Gasteiger partial charge in [-0.1, -0.05) is 18.2 Å². The summed E-state index contributed by atoms with van der Waals surface area (Å²) >= 11 is 0. The summed E-state index contributed by atoms with van der Waals surface area (Å²) in [7, 11) is 0. The highest BCUT2D eigenvalue weighted by Crippen LogP contribution is 2.36. The van der Waals surface area contributed by atoms with Gasteiger partial charge < -0.3 is 9.52 Å². The molecule has 5 heteroatoms. The molecule has 1 aromatic carbocycles. The van der Waals surface area contributed by atoms with Crippen molar-refractivity contribution in [1.29, 1.82) is 5.26 Å². The van der Waals surface area contributed by atoms with Crippen molar-refractivity contribution in [2.75, 3.05) is 6.61 Å². The van der Waals surface area contributed by atoms with Crippen LogP contribution in [0.2, 0.25) is 0 Å². The summed E-state index contributed by atoms with van der Waals surface area (Å²) in [6.07, 6.45) is 3.06. The zero-order valence-corrected chi connectivity index (χ0v) is 10.2.